The molecule has 28 heavy (non-hydrogen) atoms. The average molecular weight is 411 g/mol. The molecule has 5 nitrogen and oxygen atoms in total. The van der Waals surface area contributed by atoms with Crippen molar-refractivity contribution in [2.45, 2.75) is 17.2 Å². The van der Waals surface area contributed by atoms with Crippen molar-refractivity contribution in [2.24, 2.45) is 5.10 Å². The maximum atomic E-state index is 12.7. The van der Waals surface area contributed by atoms with Crippen molar-refractivity contribution >= 4 is 26.9 Å². The number of nitrogens with zero attached hydrogens (tertiary/aromatic N) is 1. The van der Waals surface area contributed by atoms with E-state index in [4.69, 9.17) is 4.18 Å². The molecule has 3 aromatic carbocycles. The molecule has 0 spiro atoms. The molecule has 0 aliphatic carbocycles. The molecular weight excluding hydrogens is 392 g/mol. The molecule has 1 aliphatic heterocycles. The fourth-order valence-corrected chi connectivity index (χ4v) is 4.75. The van der Waals surface area contributed by atoms with Crippen LogP contribution < -0.4 is 9.61 Å². The van der Waals surface area contributed by atoms with Gasteiger partial charge in [-0.1, -0.05) is 78.0 Å². The molecule has 0 aromatic heterocycles. The van der Waals surface area contributed by atoms with Crippen molar-refractivity contribution in [1.29, 1.82) is 0 Å². The van der Waals surface area contributed by atoms with Crippen molar-refractivity contribution in [3.05, 3.63) is 95.6 Å². The van der Waals surface area contributed by atoms with Gasteiger partial charge in [0.1, 0.15) is 21.1 Å². The Morgan fingerprint density at radius 1 is 0.929 bits per heavy atom. The number of hydrogen-bond donors (Lipinski definition) is 1. The van der Waals surface area contributed by atoms with Crippen LogP contribution in [-0.2, 0) is 10.1 Å². The molecule has 1 aliphatic rings. The lowest BCUT2D eigenvalue weighted by molar-refractivity contribution is 0.481. The molecule has 0 unspecified atom stereocenters. The second-order valence-electron chi connectivity index (χ2n) is 6.30. The fourth-order valence-electron chi connectivity index (χ4n) is 2.77. The van der Waals surface area contributed by atoms with E-state index in [1.807, 2.05) is 49.4 Å². The molecule has 0 radical (unpaired) electrons. The van der Waals surface area contributed by atoms with E-state index in [0.29, 0.717) is 0 Å². The van der Waals surface area contributed by atoms with Crippen LogP contribution in [0.2, 0.25) is 0 Å². The summed E-state index contributed by atoms with van der Waals surface area (Å²) in [4.78, 5) is 0.126. The minimum absolute atomic E-state index is 0.126. The standard InChI is InChI=1S/C21H18N2O3S2/c1-15-11-13-17(14-12-15)28(24,25)26-19-10-6-5-9-18(19)21-23-22-20(27-21)16-7-3-2-4-8-16/h2-14,21,23H,1H3/t21-/m0/s1. The number of nitrogens with one attached hydrogen (secondary N) is 1. The van der Waals surface area contributed by atoms with Gasteiger partial charge in [0, 0.05) is 11.1 Å². The van der Waals surface area contributed by atoms with E-state index >= 15 is 0 Å². The third-order valence-corrected chi connectivity index (χ3v) is 6.64. The van der Waals surface area contributed by atoms with Gasteiger partial charge in [-0.15, -0.1) is 0 Å². The van der Waals surface area contributed by atoms with Gasteiger partial charge >= 0.3 is 10.1 Å². The summed E-state index contributed by atoms with van der Waals surface area (Å²) in [5.41, 5.74) is 5.78. The van der Waals surface area contributed by atoms with E-state index < -0.39 is 10.1 Å². The third-order valence-electron chi connectivity index (χ3n) is 4.24. The number of para-hydroxylation sites is 1. The van der Waals surface area contributed by atoms with Crippen LogP contribution in [0.1, 0.15) is 22.1 Å². The Morgan fingerprint density at radius 2 is 1.61 bits per heavy atom. The van der Waals surface area contributed by atoms with E-state index in [9.17, 15) is 8.42 Å². The van der Waals surface area contributed by atoms with Gasteiger partial charge in [0.25, 0.3) is 0 Å². The summed E-state index contributed by atoms with van der Waals surface area (Å²) in [6.07, 6.45) is 0. The van der Waals surface area contributed by atoms with Gasteiger partial charge in [-0.3, -0.25) is 5.43 Å². The molecule has 1 N–H and O–H groups in total. The van der Waals surface area contributed by atoms with Crippen molar-refractivity contribution in [2.75, 3.05) is 0 Å². The van der Waals surface area contributed by atoms with Gasteiger partial charge in [0.05, 0.1) is 0 Å². The first-order valence-electron chi connectivity index (χ1n) is 8.68. The van der Waals surface area contributed by atoms with Gasteiger partial charge in [0.2, 0.25) is 0 Å². The first-order valence-corrected chi connectivity index (χ1v) is 11.0. The van der Waals surface area contributed by atoms with Gasteiger partial charge < -0.3 is 4.18 Å². The quantitative estimate of drug-likeness (QED) is 0.629. The van der Waals surface area contributed by atoms with E-state index in [2.05, 4.69) is 10.5 Å². The predicted octanol–water partition coefficient (Wildman–Crippen LogP) is 4.46. The Morgan fingerprint density at radius 3 is 2.36 bits per heavy atom. The largest absolute Gasteiger partial charge is 0.379 e. The summed E-state index contributed by atoms with van der Waals surface area (Å²) in [6, 6.07) is 23.5. The van der Waals surface area contributed by atoms with Crippen molar-refractivity contribution in [3.8, 4) is 5.75 Å². The van der Waals surface area contributed by atoms with E-state index in [-0.39, 0.29) is 16.0 Å². The van der Waals surface area contributed by atoms with Crippen molar-refractivity contribution in [3.63, 3.8) is 0 Å². The monoisotopic (exact) mass is 410 g/mol. The van der Waals surface area contributed by atoms with E-state index in [0.717, 1.165) is 21.7 Å². The van der Waals surface area contributed by atoms with Crippen LogP contribution in [-0.4, -0.2) is 13.5 Å². The number of benzene rings is 3. The zero-order valence-electron chi connectivity index (χ0n) is 15.1. The Bertz CT molecular complexity index is 1110. The Kier molecular flexibility index (Phi) is 5.11. The lowest BCUT2D eigenvalue weighted by Crippen LogP contribution is -2.14. The zero-order valence-corrected chi connectivity index (χ0v) is 16.7. The first kappa shape index (κ1) is 18.6. The highest BCUT2D eigenvalue weighted by Gasteiger charge is 2.27. The minimum Gasteiger partial charge on any atom is -0.379 e. The Labute approximate surface area is 168 Å². The minimum atomic E-state index is -3.92. The molecule has 0 saturated heterocycles. The molecule has 0 bridgehead atoms. The highest BCUT2D eigenvalue weighted by atomic mass is 32.2. The first-order chi connectivity index (χ1) is 13.5. The van der Waals surface area contributed by atoms with E-state index in [1.54, 1.807) is 36.4 Å². The summed E-state index contributed by atoms with van der Waals surface area (Å²) in [5.74, 6) is 0.289. The molecule has 142 valence electrons. The molecular formula is C21H18N2O3S2. The number of hydrogen-bond acceptors (Lipinski definition) is 6. The van der Waals surface area contributed by atoms with Gasteiger partial charge in [-0.2, -0.15) is 13.5 Å². The maximum absolute atomic E-state index is 12.7. The molecule has 1 atom stereocenters. The van der Waals surface area contributed by atoms with E-state index in [1.165, 1.54) is 11.8 Å². The second-order valence-corrected chi connectivity index (χ2v) is 8.94. The topological polar surface area (TPSA) is 67.8 Å². The SMILES string of the molecule is Cc1ccc(S(=O)(=O)Oc2ccccc2[C@H]2NN=C(c3ccccc3)S2)cc1. The van der Waals surface area contributed by atoms with Gasteiger partial charge in [-0.05, 0) is 25.1 Å². The number of thioether (sulfide) groups is 1. The third kappa shape index (κ3) is 3.90. The highest BCUT2D eigenvalue weighted by molar-refractivity contribution is 8.14. The maximum Gasteiger partial charge on any atom is 0.339 e. The van der Waals surface area contributed by atoms with Crippen LogP contribution in [0.25, 0.3) is 0 Å². The molecule has 1 heterocycles. The fraction of sp³-hybridized carbons (Fsp3) is 0.0952. The number of aryl methyl sites for hydroxylation is 1. The van der Waals surface area contributed by atoms with Crippen molar-refractivity contribution in [1.82, 2.24) is 5.43 Å². The van der Waals surface area contributed by atoms with Gasteiger partial charge in [0.15, 0.2) is 0 Å². The molecule has 0 saturated carbocycles. The summed E-state index contributed by atoms with van der Waals surface area (Å²) >= 11 is 1.52. The highest BCUT2D eigenvalue weighted by Crippen LogP contribution is 2.39. The molecule has 7 heteroatoms. The molecule has 0 fully saturated rings. The summed E-state index contributed by atoms with van der Waals surface area (Å²) in [6.45, 7) is 1.90. The lowest BCUT2D eigenvalue weighted by atomic mass is 10.2. The smallest absolute Gasteiger partial charge is 0.339 e. The van der Waals surface area contributed by atoms with Crippen LogP contribution in [0.15, 0.2) is 88.9 Å². The predicted molar refractivity (Wildman–Crippen MR) is 112 cm³/mol. The number of hydrazone groups is 1. The summed E-state index contributed by atoms with van der Waals surface area (Å²) in [7, 11) is -3.92. The summed E-state index contributed by atoms with van der Waals surface area (Å²) < 4.78 is 30.9. The Hall–Kier alpha value is -2.77. The molecule has 4 rings (SSSR count). The normalized spacial score (nSPS) is 16.3. The van der Waals surface area contributed by atoms with Crippen LogP contribution in [0.5, 0.6) is 5.75 Å². The number of rotatable bonds is 5. The van der Waals surface area contributed by atoms with Crippen LogP contribution in [0.3, 0.4) is 0 Å². The molecule has 3 aromatic rings. The molecule has 0 amide bonds. The van der Waals surface area contributed by atoms with Crippen LogP contribution in [0, 0.1) is 6.92 Å². The van der Waals surface area contributed by atoms with Crippen LogP contribution in [0.4, 0.5) is 0 Å². The summed E-state index contributed by atoms with van der Waals surface area (Å²) in [5, 5.41) is 5.01. The average Bonchev–Trinajstić information content (AvgIpc) is 3.19. The second kappa shape index (κ2) is 7.69. The lowest BCUT2D eigenvalue weighted by Gasteiger charge is -2.15. The van der Waals surface area contributed by atoms with Gasteiger partial charge in [-0.25, -0.2) is 0 Å². The van der Waals surface area contributed by atoms with Crippen LogP contribution >= 0.6 is 11.8 Å². The van der Waals surface area contributed by atoms with Crippen molar-refractivity contribution < 1.29 is 12.6 Å². The Balaban J connectivity index is 1.57. The zero-order chi connectivity index (χ0) is 19.6.